The van der Waals surface area contributed by atoms with E-state index in [-0.39, 0.29) is 12.0 Å². The molecule has 1 fully saturated rings. The fourth-order valence-electron chi connectivity index (χ4n) is 4.88. The number of benzene rings is 1. The summed E-state index contributed by atoms with van der Waals surface area (Å²) in [6, 6.07) is 8.33. The third-order valence-electron chi connectivity index (χ3n) is 6.64. The summed E-state index contributed by atoms with van der Waals surface area (Å²) in [5, 5.41) is 6.62. The number of H-pyrrole nitrogens is 1. The van der Waals surface area contributed by atoms with Gasteiger partial charge in [0.1, 0.15) is 12.4 Å². The third-order valence-corrected chi connectivity index (χ3v) is 6.64. The Hall–Kier alpha value is -3.32. The number of nitrogens with zero attached hydrogens (tertiary/aromatic N) is 1. The number of hydrogen-bond donors (Lipinski definition) is 3. The SMILES string of the molecule is O=C1NCCc2[nH]c(-c3ccncc3OCC3CCO3)c(Nc3cccc4c3CCC4)c21. The molecule has 1 amide bonds. The lowest BCUT2D eigenvalue weighted by Crippen LogP contribution is -2.32. The van der Waals surface area contributed by atoms with Gasteiger partial charge in [0, 0.05) is 49.1 Å². The second-order valence-corrected chi connectivity index (χ2v) is 8.62. The van der Waals surface area contributed by atoms with Crippen LogP contribution in [0.2, 0.25) is 0 Å². The molecule has 1 saturated heterocycles. The molecular weight excluding hydrogens is 404 g/mol. The number of aromatic amines is 1. The highest BCUT2D eigenvalue weighted by Gasteiger charge is 2.29. The Labute approximate surface area is 186 Å². The van der Waals surface area contributed by atoms with Crippen molar-refractivity contribution in [3.63, 3.8) is 0 Å². The maximum atomic E-state index is 12.9. The maximum Gasteiger partial charge on any atom is 0.255 e. The van der Waals surface area contributed by atoms with Crippen LogP contribution in [-0.2, 0) is 24.0 Å². The van der Waals surface area contributed by atoms with Crippen molar-refractivity contribution in [3.8, 4) is 17.0 Å². The Kier molecular flexibility index (Phi) is 4.83. The van der Waals surface area contributed by atoms with Crippen molar-refractivity contribution in [3.05, 3.63) is 59.0 Å². The van der Waals surface area contributed by atoms with Gasteiger partial charge >= 0.3 is 0 Å². The minimum atomic E-state index is -0.0526. The van der Waals surface area contributed by atoms with Gasteiger partial charge in [-0.2, -0.15) is 0 Å². The molecule has 3 aliphatic rings. The van der Waals surface area contributed by atoms with Crippen LogP contribution >= 0.6 is 0 Å². The minimum Gasteiger partial charge on any atom is -0.489 e. The topological polar surface area (TPSA) is 88.3 Å². The normalized spacial score (nSPS) is 19.0. The van der Waals surface area contributed by atoms with Crippen LogP contribution < -0.4 is 15.4 Å². The van der Waals surface area contributed by atoms with Crippen LogP contribution in [-0.4, -0.2) is 41.7 Å². The first-order valence-electron chi connectivity index (χ1n) is 11.4. The zero-order chi connectivity index (χ0) is 21.5. The average Bonchev–Trinajstić information content (AvgIpc) is 3.39. The molecule has 1 aromatic carbocycles. The van der Waals surface area contributed by atoms with E-state index in [1.54, 1.807) is 12.4 Å². The highest BCUT2D eigenvalue weighted by Crippen LogP contribution is 2.41. The molecule has 1 atom stereocenters. The molecule has 6 rings (SSSR count). The van der Waals surface area contributed by atoms with Gasteiger partial charge in [-0.05, 0) is 42.5 Å². The first kappa shape index (κ1) is 19.4. The maximum absolute atomic E-state index is 12.9. The third kappa shape index (κ3) is 3.33. The number of anilines is 2. The molecule has 2 aromatic heterocycles. The van der Waals surface area contributed by atoms with Crippen LogP contribution in [0.15, 0.2) is 36.7 Å². The van der Waals surface area contributed by atoms with Crippen LogP contribution in [0.3, 0.4) is 0 Å². The second-order valence-electron chi connectivity index (χ2n) is 8.62. The van der Waals surface area contributed by atoms with Crippen molar-refractivity contribution in [1.29, 1.82) is 0 Å². The van der Waals surface area contributed by atoms with E-state index in [9.17, 15) is 4.79 Å². The van der Waals surface area contributed by atoms with Crippen molar-refractivity contribution < 1.29 is 14.3 Å². The van der Waals surface area contributed by atoms with Crippen LogP contribution in [0.1, 0.15) is 40.0 Å². The molecule has 2 aliphatic heterocycles. The van der Waals surface area contributed by atoms with Gasteiger partial charge in [0.15, 0.2) is 0 Å². The summed E-state index contributed by atoms with van der Waals surface area (Å²) in [7, 11) is 0. The van der Waals surface area contributed by atoms with Gasteiger partial charge in [-0.3, -0.25) is 9.78 Å². The molecule has 0 radical (unpaired) electrons. The first-order chi connectivity index (χ1) is 15.8. The van der Waals surface area contributed by atoms with Crippen molar-refractivity contribution in [2.75, 3.05) is 25.1 Å². The summed E-state index contributed by atoms with van der Waals surface area (Å²) in [6.45, 7) is 1.92. The van der Waals surface area contributed by atoms with Gasteiger partial charge in [-0.1, -0.05) is 12.1 Å². The summed E-state index contributed by atoms with van der Waals surface area (Å²) in [4.78, 5) is 20.7. The van der Waals surface area contributed by atoms with E-state index in [4.69, 9.17) is 9.47 Å². The van der Waals surface area contributed by atoms with Gasteiger partial charge in [0.25, 0.3) is 5.91 Å². The first-order valence-corrected chi connectivity index (χ1v) is 11.4. The molecule has 0 saturated carbocycles. The van der Waals surface area contributed by atoms with Gasteiger partial charge in [0.2, 0.25) is 0 Å². The van der Waals surface area contributed by atoms with E-state index in [0.29, 0.717) is 24.5 Å². The number of pyridine rings is 1. The zero-order valence-electron chi connectivity index (χ0n) is 17.9. The van der Waals surface area contributed by atoms with E-state index < -0.39 is 0 Å². The monoisotopic (exact) mass is 430 g/mol. The lowest BCUT2D eigenvalue weighted by atomic mass is 10.0. The molecule has 7 heteroatoms. The number of amides is 1. The van der Waals surface area contributed by atoms with E-state index in [1.165, 1.54) is 11.1 Å². The van der Waals surface area contributed by atoms with E-state index in [2.05, 4.69) is 38.8 Å². The number of fused-ring (bicyclic) bond motifs is 2. The van der Waals surface area contributed by atoms with Gasteiger partial charge < -0.3 is 25.1 Å². The molecular formula is C25H26N4O3. The number of carbonyl (C=O) groups excluding carboxylic acids is 1. The summed E-state index contributed by atoms with van der Waals surface area (Å²) >= 11 is 0. The molecule has 1 aliphatic carbocycles. The summed E-state index contributed by atoms with van der Waals surface area (Å²) in [5.41, 5.74) is 7.98. The number of nitrogens with one attached hydrogen (secondary N) is 3. The van der Waals surface area contributed by atoms with E-state index >= 15 is 0 Å². The van der Waals surface area contributed by atoms with E-state index in [0.717, 1.165) is 67.0 Å². The van der Waals surface area contributed by atoms with Gasteiger partial charge in [0.05, 0.1) is 29.2 Å². The second kappa shape index (κ2) is 7.98. The fourth-order valence-corrected chi connectivity index (χ4v) is 4.88. The quantitative estimate of drug-likeness (QED) is 0.554. The molecule has 3 aromatic rings. The highest BCUT2D eigenvalue weighted by atomic mass is 16.5. The molecule has 4 heterocycles. The van der Waals surface area contributed by atoms with Crippen LogP contribution in [0.4, 0.5) is 11.4 Å². The largest absolute Gasteiger partial charge is 0.489 e. The van der Waals surface area contributed by atoms with Crippen molar-refractivity contribution in [1.82, 2.24) is 15.3 Å². The van der Waals surface area contributed by atoms with Gasteiger partial charge in [-0.15, -0.1) is 0 Å². The van der Waals surface area contributed by atoms with Gasteiger partial charge in [-0.25, -0.2) is 0 Å². The number of hydrogen-bond acceptors (Lipinski definition) is 5. The number of aromatic nitrogens is 2. The number of aryl methyl sites for hydroxylation is 1. The Morgan fingerprint density at radius 1 is 1.22 bits per heavy atom. The fraction of sp³-hybridized carbons (Fsp3) is 0.360. The molecule has 32 heavy (non-hydrogen) atoms. The lowest BCUT2D eigenvalue weighted by molar-refractivity contribution is -0.0720. The highest BCUT2D eigenvalue weighted by molar-refractivity contribution is 6.06. The van der Waals surface area contributed by atoms with Crippen molar-refractivity contribution in [2.45, 2.75) is 38.2 Å². The Morgan fingerprint density at radius 3 is 3.03 bits per heavy atom. The van der Waals surface area contributed by atoms with Crippen molar-refractivity contribution in [2.24, 2.45) is 0 Å². The molecule has 0 bridgehead atoms. The predicted octanol–water partition coefficient (Wildman–Crippen LogP) is 3.76. The molecule has 7 nitrogen and oxygen atoms in total. The predicted molar refractivity (Wildman–Crippen MR) is 122 cm³/mol. The molecule has 3 N–H and O–H groups in total. The lowest BCUT2D eigenvalue weighted by Gasteiger charge is -2.26. The molecule has 164 valence electrons. The number of ether oxygens (including phenoxy) is 2. The number of carbonyl (C=O) groups is 1. The Balaban J connectivity index is 1.44. The summed E-state index contributed by atoms with van der Waals surface area (Å²) in [6.07, 6.45) is 8.72. The molecule has 0 spiro atoms. The van der Waals surface area contributed by atoms with Crippen LogP contribution in [0.5, 0.6) is 5.75 Å². The zero-order valence-corrected chi connectivity index (χ0v) is 17.9. The summed E-state index contributed by atoms with van der Waals surface area (Å²) in [5.74, 6) is 0.631. The molecule has 1 unspecified atom stereocenters. The minimum absolute atomic E-state index is 0.0526. The number of rotatable bonds is 6. The average molecular weight is 431 g/mol. The van der Waals surface area contributed by atoms with Crippen molar-refractivity contribution >= 4 is 17.3 Å². The van der Waals surface area contributed by atoms with E-state index in [1.807, 2.05) is 6.07 Å². The summed E-state index contributed by atoms with van der Waals surface area (Å²) < 4.78 is 11.6. The van der Waals surface area contributed by atoms with Crippen LogP contribution in [0.25, 0.3) is 11.3 Å². The Morgan fingerprint density at radius 2 is 2.16 bits per heavy atom. The Bertz CT molecular complexity index is 1180. The standard InChI is InChI=1S/C25H26N4O3/c30-25-22-20(8-11-27-25)29-23(18-7-10-26-13-21(18)32-14-16-9-12-31-16)24(22)28-19-6-2-4-15-3-1-5-17(15)19/h2,4,6-7,10,13,16,28-29H,1,3,5,8-9,11-12,14H2,(H,27,30). The smallest absolute Gasteiger partial charge is 0.255 e. The van der Waals surface area contributed by atoms with Crippen LogP contribution in [0, 0.1) is 0 Å².